The smallest absolute Gasteiger partial charge is 0.305 e. The largest absolute Gasteiger partial charge is 3.00 e. The molecule has 0 amide bonds. The van der Waals surface area contributed by atoms with E-state index >= 15 is 0 Å². The summed E-state index contributed by atoms with van der Waals surface area (Å²) in [6.07, 6.45) is 7.24. The normalized spacial score (nSPS) is 10.1. The molecule has 0 aliphatic rings. The van der Waals surface area contributed by atoms with Crippen LogP contribution in [-0.4, -0.2) is 4.98 Å². The molecular weight excluding hydrogens is 605 g/mol. The second-order valence-corrected chi connectivity index (χ2v) is 8.43. The van der Waals surface area contributed by atoms with E-state index in [1.165, 1.54) is 11.1 Å². The Balaban J connectivity index is 0.000000192. The van der Waals surface area contributed by atoms with Crippen molar-refractivity contribution in [2.75, 3.05) is 0 Å². The van der Waals surface area contributed by atoms with Crippen LogP contribution >= 0.6 is 0 Å². The van der Waals surface area contributed by atoms with Crippen molar-refractivity contribution in [3.05, 3.63) is 134 Å². The Morgan fingerprint density at radius 2 is 1.46 bits per heavy atom. The second-order valence-electron chi connectivity index (χ2n) is 8.43. The molecule has 0 radical (unpaired) electrons. The molecule has 2 nitrogen and oxygen atoms in total. The van der Waals surface area contributed by atoms with E-state index in [4.69, 9.17) is 0 Å². The molecule has 0 bridgehead atoms. The maximum absolute atomic E-state index is 4.35. The quantitative estimate of drug-likeness (QED) is 0.149. The summed E-state index contributed by atoms with van der Waals surface area (Å²) in [4.78, 5) is 4.35. The van der Waals surface area contributed by atoms with Gasteiger partial charge < -0.3 is 4.98 Å². The van der Waals surface area contributed by atoms with E-state index in [1.807, 2.05) is 60.7 Å². The Morgan fingerprint density at radius 1 is 0.714 bits per heavy atom. The van der Waals surface area contributed by atoms with Crippen LogP contribution in [0.2, 0.25) is 0 Å². The zero-order valence-corrected chi connectivity index (χ0v) is 22.4. The van der Waals surface area contributed by atoms with Gasteiger partial charge in [0.2, 0.25) is 0 Å². The first-order valence-corrected chi connectivity index (χ1v) is 11.6. The molecule has 0 atom stereocenters. The summed E-state index contributed by atoms with van der Waals surface area (Å²) in [6.45, 7) is 5.42. The summed E-state index contributed by atoms with van der Waals surface area (Å²) < 4.78 is 2.11. The van der Waals surface area contributed by atoms with Gasteiger partial charge >= 0.3 is 20.1 Å². The fourth-order valence-electron chi connectivity index (χ4n) is 3.63. The minimum Gasteiger partial charge on any atom is -0.305 e. The van der Waals surface area contributed by atoms with E-state index in [0.717, 1.165) is 28.9 Å². The third kappa shape index (κ3) is 7.82. The minimum atomic E-state index is 0. The zero-order valence-electron chi connectivity index (χ0n) is 20.0. The van der Waals surface area contributed by atoms with Crippen LogP contribution in [0.4, 0.5) is 0 Å². The van der Waals surface area contributed by atoms with Crippen molar-refractivity contribution in [1.29, 1.82) is 0 Å². The third-order valence-electron chi connectivity index (χ3n) is 5.20. The number of benzene rings is 3. The second kappa shape index (κ2) is 13.5. The SMILES string of the molecule is CC(C)C[n+]1[c-]c(-c2[c-]cccc2)ccc1.[Ir+3].[c-]1ccc(-c2ccccc2)cc1-c1ccccn1. The number of rotatable bonds is 5. The van der Waals surface area contributed by atoms with Gasteiger partial charge in [-0.25, -0.2) is 5.56 Å². The van der Waals surface area contributed by atoms with Crippen molar-refractivity contribution in [2.24, 2.45) is 5.92 Å². The van der Waals surface area contributed by atoms with Gasteiger partial charge in [0.1, 0.15) is 12.7 Å². The molecule has 174 valence electrons. The fraction of sp³-hybridized carbons (Fsp3) is 0.125. The standard InChI is InChI=1S/C17H12N.C15H16N.Ir/c1-2-7-14(8-3-1)15-9-6-10-16(13-15)17-11-4-5-12-18-17;1-13(2)11-16-10-6-9-15(12-16)14-7-4-3-5-8-14;/h1-9,11-13H;3-7,9-10,13H,11H2,1-2H3;/q2*-1;+3. The summed E-state index contributed by atoms with van der Waals surface area (Å²) in [6, 6.07) is 41.0. The minimum absolute atomic E-state index is 0. The number of hydrogen-bond acceptors (Lipinski definition) is 1. The van der Waals surface area contributed by atoms with Crippen LogP contribution in [0.1, 0.15) is 13.8 Å². The Morgan fingerprint density at radius 3 is 2.17 bits per heavy atom. The molecule has 2 heterocycles. The van der Waals surface area contributed by atoms with Crippen LogP contribution in [0.3, 0.4) is 0 Å². The van der Waals surface area contributed by atoms with E-state index in [9.17, 15) is 0 Å². The molecule has 5 rings (SSSR count). The van der Waals surface area contributed by atoms with Gasteiger partial charge in [-0.3, -0.25) is 4.57 Å². The molecule has 0 unspecified atom stereocenters. The van der Waals surface area contributed by atoms with Crippen LogP contribution in [0.25, 0.3) is 33.5 Å². The van der Waals surface area contributed by atoms with Gasteiger partial charge in [-0.2, -0.15) is 35.9 Å². The molecular formula is C32H28IrN2+. The van der Waals surface area contributed by atoms with Gasteiger partial charge in [0.25, 0.3) is 0 Å². The van der Waals surface area contributed by atoms with E-state index in [-0.39, 0.29) is 20.1 Å². The molecule has 0 spiro atoms. The van der Waals surface area contributed by atoms with Crippen molar-refractivity contribution >= 4 is 0 Å². The van der Waals surface area contributed by atoms with E-state index in [0.29, 0.717) is 5.92 Å². The van der Waals surface area contributed by atoms with Crippen molar-refractivity contribution in [3.63, 3.8) is 0 Å². The first-order chi connectivity index (χ1) is 16.7. The Hall–Kier alpha value is -3.39. The van der Waals surface area contributed by atoms with Crippen LogP contribution in [0.5, 0.6) is 0 Å². The Bertz CT molecular complexity index is 1230. The molecule has 5 aromatic rings. The van der Waals surface area contributed by atoms with Crippen molar-refractivity contribution in [1.82, 2.24) is 4.98 Å². The number of nitrogens with zero attached hydrogens (tertiary/aromatic N) is 2. The molecule has 0 N–H and O–H groups in total. The van der Waals surface area contributed by atoms with Crippen LogP contribution in [0, 0.1) is 24.2 Å². The third-order valence-corrected chi connectivity index (χ3v) is 5.20. The van der Waals surface area contributed by atoms with Gasteiger partial charge in [0.15, 0.2) is 0 Å². The summed E-state index contributed by atoms with van der Waals surface area (Å²) in [7, 11) is 0. The average Bonchev–Trinajstić information content (AvgIpc) is 2.90. The molecule has 3 heteroatoms. The van der Waals surface area contributed by atoms with Crippen molar-refractivity contribution in [2.45, 2.75) is 20.4 Å². The van der Waals surface area contributed by atoms with Gasteiger partial charge in [0, 0.05) is 12.1 Å². The predicted octanol–water partition coefficient (Wildman–Crippen LogP) is 7.11. The van der Waals surface area contributed by atoms with Gasteiger partial charge in [-0.15, -0.1) is 41.5 Å². The first kappa shape index (κ1) is 26.2. The van der Waals surface area contributed by atoms with Gasteiger partial charge in [-0.1, -0.05) is 62.4 Å². The Labute approximate surface area is 222 Å². The molecule has 0 fully saturated rings. The van der Waals surface area contributed by atoms with Crippen LogP contribution < -0.4 is 4.57 Å². The summed E-state index contributed by atoms with van der Waals surface area (Å²) in [5.41, 5.74) is 6.58. The predicted molar refractivity (Wildman–Crippen MR) is 139 cm³/mol. The number of pyridine rings is 2. The monoisotopic (exact) mass is 633 g/mol. The van der Waals surface area contributed by atoms with Crippen LogP contribution in [-0.2, 0) is 26.7 Å². The van der Waals surface area contributed by atoms with Gasteiger partial charge in [-0.05, 0) is 17.3 Å². The Kier molecular flexibility index (Phi) is 10.1. The average molecular weight is 633 g/mol. The number of hydrogen-bond donors (Lipinski definition) is 0. The topological polar surface area (TPSA) is 16.8 Å². The summed E-state index contributed by atoms with van der Waals surface area (Å²) >= 11 is 0. The molecule has 2 aromatic heterocycles. The first-order valence-electron chi connectivity index (χ1n) is 11.6. The van der Waals surface area contributed by atoms with Gasteiger partial charge in [0.05, 0.1) is 6.20 Å². The van der Waals surface area contributed by atoms with Crippen LogP contribution in [0.15, 0.2) is 116 Å². The van der Waals surface area contributed by atoms with Crippen molar-refractivity contribution in [3.8, 4) is 33.5 Å². The van der Waals surface area contributed by atoms with E-state index < -0.39 is 0 Å². The fourth-order valence-corrected chi connectivity index (χ4v) is 3.63. The molecule has 3 aromatic carbocycles. The molecule has 0 aliphatic heterocycles. The molecule has 0 saturated carbocycles. The molecule has 35 heavy (non-hydrogen) atoms. The summed E-state index contributed by atoms with van der Waals surface area (Å²) in [5, 5.41) is 0. The number of aromatic nitrogens is 2. The summed E-state index contributed by atoms with van der Waals surface area (Å²) in [5.74, 6) is 0.635. The zero-order chi connectivity index (χ0) is 23.6. The maximum Gasteiger partial charge on any atom is 3.00 e. The molecule has 0 saturated heterocycles. The van der Waals surface area contributed by atoms with E-state index in [2.05, 4.69) is 90.4 Å². The van der Waals surface area contributed by atoms with Crippen molar-refractivity contribution < 1.29 is 24.7 Å². The molecule has 0 aliphatic carbocycles. The van der Waals surface area contributed by atoms with E-state index in [1.54, 1.807) is 6.20 Å². The maximum atomic E-state index is 4.35.